The Morgan fingerprint density at radius 2 is 1.77 bits per heavy atom. The van der Waals surface area contributed by atoms with E-state index in [-0.39, 0.29) is 24.7 Å². The van der Waals surface area contributed by atoms with Gasteiger partial charge in [0, 0.05) is 29.2 Å². The van der Waals surface area contributed by atoms with Crippen molar-refractivity contribution in [3.63, 3.8) is 0 Å². The minimum Gasteiger partial charge on any atom is -0.326 e. The van der Waals surface area contributed by atoms with Crippen LogP contribution in [0.25, 0.3) is 0 Å². The van der Waals surface area contributed by atoms with Crippen LogP contribution in [0.5, 0.6) is 0 Å². The van der Waals surface area contributed by atoms with Crippen molar-refractivity contribution in [3.8, 4) is 0 Å². The van der Waals surface area contributed by atoms with E-state index < -0.39 is 10.0 Å². The molecule has 1 amide bonds. The van der Waals surface area contributed by atoms with E-state index in [0.717, 1.165) is 10.6 Å². The molecule has 0 fully saturated rings. The predicted molar refractivity (Wildman–Crippen MR) is 103 cm³/mol. The van der Waals surface area contributed by atoms with E-state index >= 15 is 0 Å². The van der Waals surface area contributed by atoms with Crippen LogP contribution in [-0.4, -0.2) is 32.9 Å². The van der Waals surface area contributed by atoms with Crippen LogP contribution in [0.2, 0.25) is 5.02 Å². The molecule has 8 heteroatoms. The summed E-state index contributed by atoms with van der Waals surface area (Å²) in [7, 11) is -3.56. The van der Waals surface area contributed by atoms with Crippen LogP contribution in [0.4, 0.5) is 11.4 Å². The molecular formula is C18H19ClN2O4S. The zero-order valence-corrected chi connectivity index (χ0v) is 16.0. The second-order valence-electron chi connectivity index (χ2n) is 5.75. The van der Waals surface area contributed by atoms with Gasteiger partial charge in [0.1, 0.15) is 0 Å². The molecule has 0 heterocycles. The van der Waals surface area contributed by atoms with E-state index in [0.29, 0.717) is 22.0 Å². The van der Waals surface area contributed by atoms with Gasteiger partial charge in [0.2, 0.25) is 15.9 Å². The largest absolute Gasteiger partial charge is 0.326 e. The van der Waals surface area contributed by atoms with Crippen molar-refractivity contribution < 1.29 is 18.0 Å². The Morgan fingerprint density at radius 3 is 2.31 bits per heavy atom. The number of carbonyl (C=O) groups is 2. The molecule has 0 spiro atoms. The summed E-state index contributed by atoms with van der Waals surface area (Å²) in [5.74, 6) is -0.399. The number of ketones is 1. The lowest BCUT2D eigenvalue weighted by Gasteiger charge is -2.22. The van der Waals surface area contributed by atoms with Crippen LogP contribution in [0.1, 0.15) is 23.7 Å². The highest BCUT2D eigenvalue weighted by Crippen LogP contribution is 2.22. The Balaban J connectivity index is 2.04. The number of amides is 1. The molecule has 0 saturated carbocycles. The lowest BCUT2D eigenvalue weighted by Crippen LogP contribution is -2.33. The van der Waals surface area contributed by atoms with Crippen LogP contribution in [-0.2, 0) is 14.8 Å². The summed E-state index contributed by atoms with van der Waals surface area (Å²) in [6.07, 6.45) is 1.04. The zero-order chi connectivity index (χ0) is 19.3. The van der Waals surface area contributed by atoms with E-state index in [1.165, 1.54) is 13.0 Å². The van der Waals surface area contributed by atoms with Crippen LogP contribution < -0.4 is 9.62 Å². The molecule has 0 saturated heterocycles. The van der Waals surface area contributed by atoms with E-state index in [2.05, 4.69) is 5.32 Å². The average molecular weight is 395 g/mol. The normalized spacial score (nSPS) is 11.0. The first-order valence-corrected chi connectivity index (χ1v) is 10.0. The highest BCUT2D eigenvalue weighted by atomic mass is 35.5. The van der Waals surface area contributed by atoms with Gasteiger partial charge in [-0.3, -0.25) is 13.9 Å². The lowest BCUT2D eigenvalue weighted by molar-refractivity contribution is -0.116. The molecule has 1 N–H and O–H groups in total. The molecule has 0 aliphatic carbocycles. The number of benzene rings is 2. The molecule has 0 aliphatic heterocycles. The van der Waals surface area contributed by atoms with E-state index in [9.17, 15) is 18.0 Å². The lowest BCUT2D eigenvalue weighted by atomic mass is 10.1. The molecule has 2 aromatic carbocycles. The molecule has 26 heavy (non-hydrogen) atoms. The minimum atomic E-state index is -3.56. The standard InChI is InChI=1S/C18H19ClN2O4S/c1-13(22)14-6-8-16(9-7-14)20-18(23)10-11-21(26(2,24)25)17-5-3-4-15(19)12-17/h3-9,12H,10-11H2,1-2H3,(H,20,23). The number of hydrogen-bond donors (Lipinski definition) is 1. The van der Waals surface area contributed by atoms with Crippen LogP contribution >= 0.6 is 11.6 Å². The molecule has 0 bridgehead atoms. The summed E-state index contributed by atoms with van der Waals surface area (Å²) < 4.78 is 25.2. The van der Waals surface area contributed by atoms with Gasteiger partial charge in [-0.25, -0.2) is 8.42 Å². The van der Waals surface area contributed by atoms with Gasteiger partial charge in [0.25, 0.3) is 0 Å². The van der Waals surface area contributed by atoms with Crippen molar-refractivity contribution >= 4 is 44.7 Å². The van der Waals surface area contributed by atoms with Crippen LogP contribution in [0.3, 0.4) is 0 Å². The maximum Gasteiger partial charge on any atom is 0.232 e. The molecule has 0 unspecified atom stereocenters. The molecule has 0 atom stereocenters. The number of carbonyl (C=O) groups excluding carboxylic acids is 2. The van der Waals surface area contributed by atoms with Crippen molar-refractivity contribution in [1.82, 2.24) is 0 Å². The smallest absolute Gasteiger partial charge is 0.232 e. The van der Waals surface area contributed by atoms with Gasteiger partial charge < -0.3 is 5.32 Å². The molecule has 0 aliphatic rings. The number of hydrogen-bond acceptors (Lipinski definition) is 4. The van der Waals surface area contributed by atoms with Gasteiger partial charge in [0.15, 0.2) is 5.78 Å². The predicted octanol–water partition coefficient (Wildman–Crippen LogP) is 3.34. The monoisotopic (exact) mass is 394 g/mol. The Labute approximate surface area is 157 Å². The summed E-state index contributed by atoms with van der Waals surface area (Å²) in [6, 6.07) is 12.9. The molecule has 0 aromatic heterocycles. The van der Waals surface area contributed by atoms with Gasteiger partial charge in [-0.1, -0.05) is 17.7 Å². The SMILES string of the molecule is CC(=O)c1ccc(NC(=O)CCN(c2cccc(Cl)c2)S(C)(=O)=O)cc1. The topological polar surface area (TPSA) is 83.6 Å². The Kier molecular flexibility index (Phi) is 6.39. The number of Topliss-reactive ketones (excluding diaryl/α,β-unsaturated/α-hetero) is 1. The van der Waals surface area contributed by atoms with E-state index in [1.807, 2.05) is 0 Å². The first kappa shape index (κ1) is 19.9. The molecule has 6 nitrogen and oxygen atoms in total. The quantitative estimate of drug-likeness (QED) is 0.730. The van der Waals surface area contributed by atoms with Crippen molar-refractivity contribution in [3.05, 3.63) is 59.1 Å². The van der Waals surface area contributed by atoms with E-state index in [4.69, 9.17) is 11.6 Å². The van der Waals surface area contributed by atoms with Crippen LogP contribution in [0.15, 0.2) is 48.5 Å². The summed E-state index contributed by atoms with van der Waals surface area (Å²) >= 11 is 5.92. The van der Waals surface area contributed by atoms with Gasteiger partial charge in [-0.05, 0) is 49.4 Å². The fraction of sp³-hybridized carbons (Fsp3) is 0.222. The van der Waals surface area contributed by atoms with Gasteiger partial charge in [-0.2, -0.15) is 0 Å². The van der Waals surface area contributed by atoms with Crippen molar-refractivity contribution in [2.45, 2.75) is 13.3 Å². The Morgan fingerprint density at radius 1 is 1.12 bits per heavy atom. The third-order valence-electron chi connectivity index (χ3n) is 3.61. The maximum absolute atomic E-state index is 12.1. The number of rotatable bonds is 7. The second kappa shape index (κ2) is 8.33. The number of nitrogens with one attached hydrogen (secondary N) is 1. The summed E-state index contributed by atoms with van der Waals surface area (Å²) in [4.78, 5) is 23.4. The fourth-order valence-electron chi connectivity index (χ4n) is 2.33. The van der Waals surface area contributed by atoms with Crippen molar-refractivity contribution in [2.75, 3.05) is 22.4 Å². The molecule has 2 aromatic rings. The Hall–Kier alpha value is -2.38. The first-order valence-electron chi connectivity index (χ1n) is 7.81. The zero-order valence-electron chi connectivity index (χ0n) is 14.4. The average Bonchev–Trinajstić information content (AvgIpc) is 2.54. The molecule has 2 rings (SSSR count). The highest BCUT2D eigenvalue weighted by molar-refractivity contribution is 7.92. The number of halogens is 1. The Bertz CT molecular complexity index is 911. The summed E-state index contributed by atoms with van der Waals surface area (Å²) in [6.45, 7) is 1.44. The molecule has 0 radical (unpaired) electrons. The van der Waals surface area contributed by atoms with Gasteiger partial charge in [0.05, 0.1) is 11.9 Å². The van der Waals surface area contributed by atoms with Crippen molar-refractivity contribution in [1.29, 1.82) is 0 Å². The third kappa shape index (κ3) is 5.57. The maximum atomic E-state index is 12.1. The minimum absolute atomic E-state index is 0.0173. The highest BCUT2D eigenvalue weighted by Gasteiger charge is 2.19. The van der Waals surface area contributed by atoms with Gasteiger partial charge >= 0.3 is 0 Å². The number of sulfonamides is 1. The second-order valence-corrected chi connectivity index (χ2v) is 8.09. The van der Waals surface area contributed by atoms with Crippen LogP contribution in [0, 0.1) is 0 Å². The fourth-order valence-corrected chi connectivity index (χ4v) is 3.44. The third-order valence-corrected chi connectivity index (χ3v) is 5.04. The number of anilines is 2. The first-order chi connectivity index (χ1) is 12.2. The number of nitrogens with zero attached hydrogens (tertiary/aromatic N) is 1. The molecule has 138 valence electrons. The van der Waals surface area contributed by atoms with E-state index in [1.54, 1.807) is 42.5 Å². The summed E-state index contributed by atoms with van der Waals surface area (Å²) in [5, 5.41) is 3.09. The summed E-state index contributed by atoms with van der Waals surface area (Å²) in [5.41, 5.74) is 1.49. The van der Waals surface area contributed by atoms with Crippen molar-refractivity contribution in [2.24, 2.45) is 0 Å². The molecular weight excluding hydrogens is 376 g/mol. The van der Waals surface area contributed by atoms with Gasteiger partial charge in [-0.15, -0.1) is 0 Å².